The highest BCUT2D eigenvalue weighted by Gasteiger charge is 2.42. The zero-order valence-corrected chi connectivity index (χ0v) is 11.5. The van der Waals surface area contributed by atoms with Gasteiger partial charge in [0, 0.05) is 17.0 Å². The Bertz CT molecular complexity index is 488. The Balaban J connectivity index is 2.20. The van der Waals surface area contributed by atoms with Crippen LogP contribution in [0.1, 0.15) is 13.8 Å². The molecule has 2 nitrogen and oxygen atoms in total. The smallest absolute Gasteiger partial charge is 0.254 e. The van der Waals surface area contributed by atoms with Crippen LogP contribution in [-0.4, -0.2) is 22.7 Å². The summed E-state index contributed by atoms with van der Waals surface area (Å²) in [5, 5.41) is 0.128. The molecule has 1 unspecified atom stereocenters. The Hall–Kier alpha value is -1.48. The predicted octanol–water partition coefficient (Wildman–Crippen LogP) is 3.47. The van der Waals surface area contributed by atoms with E-state index in [1.165, 1.54) is 4.90 Å². The van der Waals surface area contributed by atoms with Gasteiger partial charge >= 0.3 is 0 Å². The first kappa shape index (κ1) is 13.0. The summed E-state index contributed by atoms with van der Waals surface area (Å²) in [6, 6.07) is 10.2. The number of benzene rings is 1. The Morgan fingerprint density at radius 1 is 1.39 bits per heavy atom. The van der Waals surface area contributed by atoms with Crippen LogP contribution in [0.15, 0.2) is 59.0 Å². The number of β-lactam (4-membered cyclic amide) rings is 1. The fraction of sp³-hybridized carbons (Fsp3) is 0.267. The second-order valence-corrected chi connectivity index (χ2v) is 5.60. The van der Waals surface area contributed by atoms with Gasteiger partial charge in [0.15, 0.2) is 0 Å². The van der Waals surface area contributed by atoms with E-state index in [2.05, 4.69) is 18.7 Å². The fourth-order valence-corrected chi connectivity index (χ4v) is 3.32. The van der Waals surface area contributed by atoms with Crippen LogP contribution in [0.2, 0.25) is 0 Å². The molecule has 0 radical (unpaired) electrons. The van der Waals surface area contributed by atoms with Gasteiger partial charge < -0.3 is 4.90 Å². The quantitative estimate of drug-likeness (QED) is 0.469. The summed E-state index contributed by atoms with van der Waals surface area (Å²) in [6.07, 6.45) is 1.78. The number of thioether (sulfide) groups is 1. The molecule has 1 fully saturated rings. The molecule has 2 rings (SSSR count). The van der Waals surface area contributed by atoms with Crippen LogP contribution in [0, 0.1) is 0 Å². The highest BCUT2D eigenvalue weighted by Crippen LogP contribution is 2.40. The van der Waals surface area contributed by atoms with Gasteiger partial charge in [-0.15, -0.1) is 6.58 Å². The summed E-state index contributed by atoms with van der Waals surface area (Å²) < 4.78 is 0. The van der Waals surface area contributed by atoms with Gasteiger partial charge in [0.1, 0.15) is 5.37 Å². The van der Waals surface area contributed by atoms with Crippen molar-refractivity contribution in [3.05, 3.63) is 54.1 Å². The third-order valence-electron chi connectivity index (χ3n) is 2.88. The monoisotopic (exact) mass is 259 g/mol. The number of rotatable bonds is 4. The largest absolute Gasteiger partial charge is 0.318 e. The maximum absolute atomic E-state index is 12.0. The van der Waals surface area contributed by atoms with Crippen LogP contribution in [-0.2, 0) is 4.79 Å². The van der Waals surface area contributed by atoms with E-state index < -0.39 is 0 Å². The van der Waals surface area contributed by atoms with Crippen LogP contribution < -0.4 is 0 Å². The number of likely N-dealkylation sites (tertiary alicyclic amines) is 1. The number of amides is 1. The summed E-state index contributed by atoms with van der Waals surface area (Å²) in [5.74, 6) is 0.142. The van der Waals surface area contributed by atoms with Crippen LogP contribution >= 0.6 is 11.8 Å². The lowest BCUT2D eigenvalue weighted by Crippen LogP contribution is -2.53. The first-order valence-electron chi connectivity index (χ1n) is 5.96. The van der Waals surface area contributed by atoms with Crippen molar-refractivity contribution in [3.63, 3.8) is 0 Å². The van der Waals surface area contributed by atoms with Crippen molar-refractivity contribution in [3.8, 4) is 0 Å². The highest BCUT2D eigenvalue weighted by atomic mass is 32.2. The van der Waals surface area contributed by atoms with Crippen molar-refractivity contribution in [1.82, 2.24) is 4.90 Å². The summed E-state index contributed by atoms with van der Waals surface area (Å²) in [5.41, 5.74) is 2.04. The van der Waals surface area contributed by atoms with Gasteiger partial charge in [-0.3, -0.25) is 4.79 Å². The van der Waals surface area contributed by atoms with Crippen LogP contribution in [0.3, 0.4) is 0 Å². The van der Waals surface area contributed by atoms with Crippen molar-refractivity contribution < 1.29 is 4.79 Å². The molecule has 1 heterocycles. The maximum Gasteiger partial charge on any atom is 0.254 e. The van der Waals surface area contributed by atoms with Gasteiger partial charge in [-0.25, -0.2) is 0 Å². The number of carbonyl (C=O) groups is 1. The number of carbonyl (C=O) groups excluding carboxylic acids is 1. The van der Waals surface area contributed by atoms with Crippen molar-refractivity contribution >= 4 is 17.7 Å². The number of hydrogen-bond donors (Lipinski definition) is 0. The van der Waals surface area contributed by atoms with E-state index in [-0.39, 0.29) is 11.3 Å². The van der Waals surface area contributed by atoms with E-state index in [1.54, 1.807) is 17.8 Å². The van der Waals surface area contributed by atoms with Crippen LogP contribution in [0.4, 0.5) is 0 Å². The lowest BCUT2D eigenvalue weighted by Gasteiger charge is -2.42. The molecule has 3 heteroatoms. The SMILES string of the molecule is C=CCN1C(=O)C(=C(C)C)C1Sc1ccccc1. The van der Waals surface area contributed by atoms with Gasteiger partial charge in [-0.1, -0.05) is 41.6 Å². The van der Waals surface area contributed by atoms with E-state index in [1.807, 2.05) is 36.9 Å². The second-order valence-electron chi connectivity index (χ2n) is 4.44. The second kappa shape index (κ2) is 5.44. The third kappa shape index (κ3) is 2.36. The minimum absolute atomic E-state index is 0.128. The molecule has 0 saturated carbocycles. The normalized spacial score (nSPS) is 18.6. The standard InChI is InChI=1S/C15H17NOS/c1-4-10-16-14(17)13(11(2)3)15(16)18-12-8-6-5-7-9-12/h4-9,15H,1,10H2,2-3H3. The van der Waals surface area contributed by atoms with E-state index in [9.17, 15) is 4.79 Å². The lowest BCUT2D eigenvalue weighted by molar-refractivity contribution is -0.133. The van der Waals surface area contributed by atoms with Crippen LogP contribution in [0.5, 0.6) is 0 Å². The maximum atomic E-state index is 12.0. The number of nitrogens with zero attached hydrogens (tertiary/aromatic N) is 1. The molecule has 0 bridgehead atoms. The summed E-state index contributed by atoms with van der Waals surface area (Å²) in [6.45, 7) is 8.31. The van der Waals surface area contributed by atoms with Crippen molar-refractivity contribution in [2.24, 2.45) is 0 Å². The lowest BCUT2D eigenvalue weighted by atomic mass is 10.0. The van der Waals surface area contributed by atoms with Gasteiger partial charge in [0.25, 0.3) is 5.91 Å². The third-order valence-corrected chi connectivity index (χ3v) is 4.13. The van der Waals surface area contributed by atoms with Crippen molar-refractivity contribution in [2.75, 3.05) is 6.54 Å². The summed E-state index contributed by atoms with van der Waals surface area (Å²) in [7, 11) is 0. The zero-order valence-electron chi connectivity index (χ0n) is 10.7. The molecule has 1 aromatic rings. The Morgan fingerprint density at radius 3 is 2.61 bits per heavy atom. The predicted molar refractivity (Wildman–Crippen MR) is 76.4 cm³/mol. The van der Waals surface area contributed by atoms with E-state index in [4.69, 9.17) is 0 Å². The Labute approximate surface area is 112 Å². The first-order valence-corrected chi connectivity index (χ1v) is 6.84. The van der Waals surface area contributed by atoms with Crippen molar-refractivity contribution in [1.29, 1.82) is 0 Å². The van der Waals surface area contributed by atoms with E-state index in [0.29, 0.717) is 6.54 Å². The minimum atomic E-state index is 0.128. The molecule has 1 saturated heterocycles. The van der Waals surface area contributed by atoms with E-state index in [0.717, 1.165) is 11.1 Å². The first-order chi connectivity index (χ1) is 8.65. The molecule has 1 aliphatic rings. The molecule has 0 aromatic heterocycles. The van der Waals surface area contributed by atoms with Gasteiger partial charge in [0.05, 0.1) is 0 Å². The zero-order chi connectivity index (χ0) is 13.1. The molecule has 0 spiro atoms. The van der Waals surface area contributed by atoms with Crippen LogP contribution in [0.25, 0.3) is 0 Å². The Morgan fingerprint density at radius 2 is 2.06 bits per heavy atom. The van der Waals surface area contributed by atoms with Crippen molar-refractivity contribution in [2.45, 2.75) is 24.1 Å². The molecule has 0 aliphatic carbocycles. The Kier molecular flexibility index (Phi) is 3.92. The molecule has 94 valence electrons. The summed E-state index contributed by atoms with van der Waals surface area (Å²) >= 11 is 1.72. The molecule has 1 atom stereocenters. The molecule has 1 aliphatic heterocycles. The van der Waals surface area contributed by atoms with Gasteiger partial charge in [0.2, 0.25) is 0 Å². The van der Waals surface area contributed by atoms with E-state index >= 15 is 0 Å². The highest BCUT2D eigenvalue weighted by molar-refractivity contribution is 8.00. The molecule has 18 heavy (non-hydrogen) atoms. The average molecular weight is 259 g/mol. The fourth-order valence-electron chi connectivity index (χ4n) is 1.99. The molecule has 1 aromatic carbocycles. The molecular weight excluding hydrogens is 242 g/mol. The number of hydrogen-bond acceptors (Lipinski definition) is 2. The topological polar surface area (TPSA) is 20.3 Å². The molecular formula is C15H17NOS. The van der Waals surface area contributed by atoms with Gasteiger partial charge in [-0.2, -0.15) is 0 Å². The minimum Gasteiger partial charge on any atom is -0.318 e. The average Bonchev–Trinajstić information content (AvgIpc) is 2.36. The van der Waals surface area contributed by atoms with Gasteiger partial charge in [-0.05, 0) is 26.0 Å². The molecule has 1 amide bonds. The summed E-state index contributed by atoms with van der Waals surface area (Å²) in [4.78, 5) is 15.0. The number of allylic oxidation sites excluding steroid dienone is 1. The molecule has 0 N–H and O–H groups in total.